The second-order valence-corrected chi connectivity index (χ2v) is 7.00. The predicted octanol–water partition coefficient (Wildman–Crippen LogP) is 3.90. The van der Waals surface area contributed by atoms with Gasteiger partial charge in [0.1, 0.15) is 6.10 Å². The minimum absolute atomic E-state index is 0. The highest BCUT2D eigenvalue weighted by Crippen LogP contribution is 2.27. The Morgan fingerprint density at radius 2 is 1.67 bits per heavy atom. The molecule has 0 spiro atoms. The number of halogens is 1. The lowest BCUT2D eigenvalue weighted by atomic mass is 10.2. The van der Waals surface area contributed by atoms with E-state index in [1.807, 2.05) is 36.5 Å². The number of ether oxygens (including phenoxy) is 3. The number of methoxy groups -OCH3 is 2. The van der Waals surface area contributed by atoms with Gasteiger partial charge in [-0.15, -0.1) is 24.0 Å². The van der Waals surface area contributed by atoms with Crippen LogP contribution in [0.4, 0.5) is 0 Å². The topological polar surface area (TPSA) is 77.0 Å². The van der Waals surface area contributed by atoms with Crippen molar-refractivity contribution in [3.05, 3.63) is 47.7 Å². The van der Waals surface area contributed by atoms with Crippen LogP contribution in [0, 0.1) is 0 Å². The van der Waals surface area contributed by atoms with Crippen LogP contribution in [-0.4, -0.2) is 38.3 Å². The van der Waals surface area contributed by atoms with Gasteiger partial charge in [0.05, 0.1) is 14.2 Å². The Balaban J connectivity index is 0.00000320. The molecule has 30 heavy (non-hydrogen) atoms. The average Bonchev–Trinajstić information content (AvgIpc) is 3.27. The van der Waals surface area contributed by atoms with Crippen molar-refractivity contribution in [2.75, 3.05) is 21.3 Å². The lowest BCUT2D eigenvalue weighted by molar-refractivity contribution is 0.201. The van der Waals surface area contributed by atoms with Crippen molar-refractivity contribution in [3.8, 4) is 17.4 Å². The van der Waals surface area contributed by atoms with Crippen LogP contribution >= 0.6 is 24.0 Å². The van der Waals surface area contributed by atoms with E-state index < -0.39 is 0 Å². The van der Waals surface area contributed by atoms with E-state index >= 15 is 0 Å². The highest BCUT2D eigenvalue weighted by atomic mass is 127. The van der Waals surface area contributed by atoms with Crippen molar-refractivity contribution in [1.29, 1.82) is 0 Å². The van der Waals surface area contributed by atoms with Crippen molar-refractivity contribution < 1.29 is 14.2 Å². The summed E-state index contributed by atoms with van der Waals surface area (Å²) in [6, 6.07) is 9.81. The summed E-state index contributed by atoms with van der Waals surface area (Å²) in [4.78, 5) is 8.70. The molecule has 1 aromatic heterocycles. The molecule has 1 saturated carbocycles. The Kier molecular flexibility index (Phi) is 9.99. The molecule has 0 bridgehead atoms. The molecule has 0 unspecified atom stereocenters. The van der Waals surface area contributed by atoms with E-state index in [0.717, 1.165) is 24.0 Å². The molecule has 0 aliphatic heterocycles. The van der Waals surface area contributed by atoms with Gasteiger partial charge in [-0.1, -0.05) is 12.1 Å². The smallest absolute Gasteiger partial charge is 0.213 e. The summed E-state index contributed by atoms with van der Waals surface area (Å²) < 4.78 is 16.5. The molecule has 3 rings (SSSR count). The van der Waals surface area contributed by atoms with Gasteiger partial charge in [-0.2, -0.15) is 0 Å². The van der Waals surface area contributed by atoms with Crippen molar-refractivity contribution in [2.24, 2.45) is 4.99 Å². The summed E-state index contributed by atoms with van der Waals surface area (Å²) in [6.07, 6.45) is 6.94. The van der Waals surface area contributed by atoms with E-state index in [2.05, 4.69) is 20.6 Å². The molecule has 1 aliphatic carbocycles. The molecule has 0 amide bonds. The highest BCUT2D eigenvalue weighted by molar-refractivity contribution is 14.0. The number of guanidine groups is 1. The van der Waals surface area contributed by atoms with E-state index in [9.17, 15) is 0 Å². The molecule has 1 fully saturated rings. The summed E-state index contributed by atoms with van der Waals surface area (Å²) in [7, 11) is 5.01. The third-order valence-electron chi connectivity index (χ3n) is 4.98. The number of benzene rings is 1. The Labute approximate surface area is 195 Å². The predicted molar refractivity (Wildman–Crippen MR) is 129 cm³/mol. The molecule has 0 atom stereocenters. The van der Waals surface area contributed by atoms with E-state index in [4.69, 9.17) is 14.2 Å². The van der Waals surface area contributed by atoms with Gasteiger partial charge in [0.15, 0.2) is 17.5 Å². The lowest BCUT2D eigenvalue weighted by Crippen LogP contribution is -2.36. The normalized spacial score (nSPS) is 14.0. The molecule has 0 saturated heterocycles. The molecule has 8 heteroatoms. The molecule has 2 aromatic rings. The van der Waals surface area contributed by atoms with Gasteiger partial charge < -0.3 is 24.8 Å². The zero-order valence-corrected chi connectivity index (χ0v) is 20.1. The fourth-order valence-electron chi connectivity index (χ4n) is 3.34. The molecule has 7 nitrogen and oxygen atoms in total. The van der Waals surface area contributed by atoms with E-state index in [1.165, 1.54) is 12.8 Å². The lowest BCUT2D eigenvalue weighted by Gasteiger charge is -2.14. The van der Waals surface area contributed by atoms with Crippen LogP contribution in [0.1, 0.15) is 36.8 Å². The molecule has 164 valence electrons. The van der Waals surface area contributed by atoms with Crippen molar-refractivity contribution in [1.82, 2.24) is 15.6 Å². The minimum Gasteiger partial charge on any atom is -0.493 e. The molecule has 1 heterocycles. The highest BCUT2D eigenvalue weighted by Gasteiger charge is 2.16. The fourth-order valence-corrected chi connectivity index (χ4v) is 3.34. The number of pyridine rings is 1. The van der Waals surface area contributed by atoms with Crippen LogP contribution in [0.5, 0.6) is 17.4 Å². The Hall–Kier alpha value is -2.23. The molecular formula is C22H31IN4O3. The maximum atomic E-state index is 5.91. The van der Waals surface area contributed by atoms with Gasteiger partial charge in [-0.05, 0) is 48.9 Å². The maximum Gasteiger partial charge on any atom is 0.213 e. The number of nitrogens with zero attached hydrogens (tertiary/aromatic N) is 2. The second kappa shape index (κ2) is 12.5. The summed E-state index contributed by atoms with van der Waals surface area (Å²) in [6.45, 7) is 1.24. The molecular weight excluding hydrogens is 495 g/mol. The average molecular weight is 526 g/mol. The van der Waals surface area contributed by atoms with Gasteiger partial charge in [-0.25, -0.2) is 4.98 Å². The van der Waals surface area contributed by atoms with Crippen LogP contribution in [0.2, 0.25) is 0 Å². The Bertz CT molecular complexity index is 809. The Morgan fingerprint density at radius 3 is 2.27 bits per heavy atom. The summed E-state index contributed by atoms with van der Waals surface area (Å²) in [5.41, 5.74) is 2.14. The van der Waals surface area contributed by atoms with Crippen molar-refractivity contribution in [2.45, 2.75) is 44.9 Å². The van der Waals surface area contributed by atoms with Gasteiger partial charge in [0, 0.05) is 32.4 Å². The zero-order chi connectivity index (χ0) is 20.5. The first-order chi connectivity index (χ1) is 14.2. The van der Waals surface area contributed by atoms with Crippen LogP contribution < -0.4 is 24.8 Å². The van der Waals surface area contributed by atoms with Crippen LogP contribution in [0.25, 0.3) is 0 Å². The third-order valence-corrected chi connectivity index (χ3v) is 4.98. The standard InChI is InChI=1S/C22H30N4O3.HI/c1-23-22(25-13-16-8-10-19(27-2)20(12-16)28-3)26-15-17-9-11-21(24-14-17)29-18-6-4-5-7-18;/h8-12,14,18H,4-7,13,15H2,1-3H3,(H2,23,25,26);1H. The number of aliphatic imine (C=N–C) groups is 1. The zero-order valence-electron chi connectivity index (χ0n) is 17.8. The van der Waals surface area contributed by atoms with E-state index in [0.29, 0.717) is 42.5 Å². The van der Waals surface area contributed by atoms with Crippen LogP contribution in [0.15, 0.2) is 41.5 Å². The SMILES string of the molecule is CN=C(NCc1ccc(OC2CCCC2)nc1)NCc1ccc(OC)c(OC)c1.I. The second-order valence-electron chi connectivity index (χ2n) is 7.00. The number of hydrogen-bond donors (Lipinski definition) is 2. The molecule has 1 aromatic carbocycles. The van der Waals surface area contributed by atoms with Gasteiger partial charge in [0.25, 0.3) is 0 Å². The first-order valence-corrected chi connectivity index (χ1v) is 9.99. The number of hydrogen-bond acceptors (Lipinski definition) is 5. The van der Waals surface area contributed by atoms with Crippen LogP contribution in [0.3, 0.4) is 0 Å². The van der Waals surface area contributed by atoms with Crippen LogP contribution in [-0.2, 0) is 13.1 Å². The Morgan fingerprint density at radius 1 is 1.00 bits per heavy atom. The van der Waals surface area contributed by atoms with Gasteiger partial charge in [-0.3, -0.25) is 4.99 Å². The molecule has 1 aliphatic rings. The third kappa shape index (κ3) is 6.93. The number of nitrogens with one attached hydrogen (secondary N) is 2. The molecule has 0 radical (unpaired) electrons. The quantitative estimate of drug-likeness (QED) is 0.309. The summed E-state index contributed by atoms with van der Waals surface area (Å²) in [5, 5.41) is 6.60. The van der Waals surface area contributed by atoms with E-state index in [-0.39, 0.29) is 24.0 Å². The number of rotatable bonds is 8. The van der Waals surface area contributed by atoms with E-state index in [1.54, 1.807) is 21.3 Å². The minimum atomic E-state index is 0. The van der Waals surface area contributed by atoms with Gasteiger partial charge in [0.2, 0.25) is 5.88 Å². The van der Waals surface area contributed by atoms with Crippen molar-refractivity contribution >= 4 is 29.9 Å². The maximum absolute atomic E-state index is 5.91. The largest absolute Gasteiger partial charge is 0.493 e. The summed E-state index contributed by atoms with van der Waals surface area (Å²) >= 11 is 0. The summed E-state index contributed by atoms with van der Waals surface area (Å²) in [5.74, 6) is 2.84. The van der Waals surface area contributed by atoms with Gasteiger partial charge >= 0.3 is 0 Å². The molecule has 2 N–H and O–H groups in total. The number of aromatic nitrogens is 1. The van der Waals surface area contributed by atoms with Crippen molar-refractivity contribution in [3.63, 3.8) is 0 Å². The monoisotopic (exact) mass is 526 g/mol. The first kappa shape index (κ1) is 24.0. The first-order valence-electron chi connectivity index (χ1n) is 9.99. The fraction of sp³-hybridized carbons (Fsp3) is 0.455.